The molecule has 1 aliphatic carbocycles. The molecule has 0 fully saturated rings. The van der Waals surface area contributed by atoms with E-state index in [2.05, 4.69) is 6.07 Å². The molecule has 0 bridgehead atoms. The monoisotopic (exact) mass is 287 g/mol. The average Bonchev–Trinajstić information content (AvgIpc) is 2.75. The van der Waals surface area contributed by atoms with E-state index in [4.69, 9.17) is 0 Å². The predicted octanol–water partition coefficient (Wildman–Crippen LogP) is 3.49. The molecule has 2 aromatic rings. The first-order valence-electron chi connectivity index (χ1n) is 6.68. The molecule has 0 amide bonds. The Bertz CT molecular complexity index is 839. The molecule has 0 spiro atoms. The van der Waals surface area contributed by atoms with Crippen LogP contribution in [0, 0.1) is 6.92 Å². The second kappa shape index (κ2) is 4.63. The highest BCUT2D eigenvalue weighted by Crippen LogP contribution is 2.27. The number of benzene rings is 1. The van der Waals surface area contributed by atoms with Gasteiger partial charge in [0, 0.05) is 18.3 Å². The zero-order valence-electron chi connectivity index (χ0n) is 11.6. The Hall–Kier alpha value is -1.81. The Morgan fingerprint density at radius 2 is 1.95 bits per heavy atom. The summed E-state index contributed by atoms with van der Waals surface area (Å²) in [6.07, 6.45) is 7.12. The summed E-state index contributed by atoms with van der Waals surface area (Å²) in [5.41, 5.74) is 2.07. The third kappa shape index (κ3) is 2.00. The third-order valence-electron chi connectivity index (χ3n) is 3.84. The van der Waals surface area contributed by atoms with Crippen LogP contribution in [-0.2, 0) is 16.9 Å². The van der Waals surface area contributed by atoms with Crippen molar-refractivity contribution >= 4 is 20.7 Å². The lowest BCUT2D eigenvalue weighted by Gasteiger charge is -2.09. The van der Waals surface area contributed by atoms with Crippen molar-refractivity contribution in [3.8, 4) is 0 Å². The number of nitrogens with zero attached hydrogens (tertiary/aromatic N) is 1. The summed E-state index contributed by atoms with van der Waals surface area (Å²) >= 11 is 0. The number of aromatic nitrogens is 1. The summed E-state index contributed by atoms with van der Waals surface area (Å²) in [6.45, 7) is 2.01. The molecular weight excluding hydrogens is 270 g/mol. The van der Waals surface area contributed by atoms with Gasteiger partial charge < -0.3 is 4.57 Å². The van der Waals surface area contributed by atoms with Crippen LogP contribution < -0.4 is 0 Å². The van der Waals surface area contributed by atoms with E-state index < -0.39 is 9.84 Å². The molecule has 1 aromatic heterocycles. The number of aryl methyl sites for hydroxylation is 2. The molecule has 3 rings (SSSR count). The maximum atomic E-state index is 12.6. The van der Waals surface area contributed by atoms with Crippen LogP contribution in [0.1, 0.15) is 18.5 Å². The van der Waals surface area contributed by atoms with Crippen molar-refractivity contribution in [1.82, 2.24) is 4.57 Å². The van der Waals surface area contributed by atoms with E-state index in [1.807, 2.05) is 30.7 Å². The van der Waals surface area contributed by atoms with Crippen LogP contribution in [0.4, 0.5) is 0 Å². The molecule has 0 saturated heterocycles. The predicted molar refractivity (Wildman–Crippen MR) is 81.3 cm³/mol. The van der Waals surface area contributed by atoms with Gasteiger partial charge in [-0.3, -0.25) is 0 Å². The topological polar surface area (TPSA) is 39.1 Å². The molecule has 104 valence electrons. The van der Waals surface area contributed by atoms with Crippen molar-refractivity contribution in [2.24, 2.45) is 7.05 Å². The molecule has 1 aliphatic rings. The van der Waals surface area contributed by atoms with Gasteiger partial charge in [-0.25, -0.2) is 8.42 Å². The maximum Gasteiger partial charge on any atom is 0.206 e. The summed E-state index contributed by atoms with van der Waals surface area (Å²) in [5, 5.41) is 1.07. The molecule has 0 saturated carbocycles. The summed E-state index contributed by atoms with van der Waals surface area (Å²) in [6, 6.07) is 7.40. The van der Waals surface area contributed by atoms with Gasteiger partial charge >= 0.3 is 0 Å². The Kier molecular flexibility index (Phi) is 3.05. The second-order valence-corrected chi connectivity index (χ2v) is 7.10. The van der Waals surface area contributed by atoms with E-state index in [1.165, 1.54) is 0 Å². The van der Waals surface area contributed by atoms with Gasteiger partial charge in [-0.2, -0.15) is 0 Å². The standard InChI is InChI=1S/C16H17NO2S/c1-12-10-13-8-9-15(11-16(13)17(12)2)20(18,19)14-6-4-3-5-7-14/h4,6-11H,3,5H2,1-2H3. The Labute approximate surface area is 119 Å². The van der Waals surface area contributed by atoms with Crippen molar-refractivity contribution < 1.29 is 8.42 Å². The lowest BCUT2D eigenvalue weighted by Crippen LogP contribution is -2.05. The summed E-state index contributed by atoms with van der Waals surface area (Å²) in [4.78, 5) is 0.776. The zero-order chi connectivity index (χ0) is 14.3. The summed E-state index contributed by atoms with van der Waals surface area (Å²) < 4.78 is 27.3. The SMILES string of the molecule is Cc1cc2ccc(S(=O)(=O)C3=CCCC=C3)cc2n1C. The molecule has 1 aromatic carbocycles. The van der Waals surface area contributed by atoms with Gasteiger partial charge in [-0.15, -0.1) is 0 Å². The second-order valence-electron chi connectivity index (χ2n) is 5.16. The van der Waals surface area contributed by atoms with Crippen LogP contribution in [0.2, 0.25) is 0 Å². The van der Waals surface area contributed by atoms with Crippen molar-refractivity contribution in [2.75, 3.05) is 0 Å². The number of rotatable bonds is 2. The van der Waals surface area contributed by atoms with Crippen LogP contribution in [0.25, 0.3) is 10.9 Å². The number of fused-ring (bicyclic) bond motifs is 1. The molecule has 0 radical (unpaired) electrons. The lowest BCUT2D eigenvalue weighted by molar-refractivity contribution is 0.602. The minimum Gasteiger partial charge on any atom is -0.348 e. The Morgan fingerprint density at radius 1 is 1.15 bits per heavy atom. The molecule has 0 atom stereocenters. The van der Waals surface area contributed by atoms with Crippen LogP contribution in [-0.4, -0.2) is 13.0 Å². The Morgan fingerprint density at radius 3 is 2.65 bits per heavy atom. The van der Waals surface area contributed by atoms with Crippen LogP contribution in [0.3, 0.4) is 0 Å². The molecule has 0 aliphatic heterocycles. The van der Waals surface area contributed by atoms with Crippen molar-refractivity contribution in [3.63, 3.8) is 0 Å². The highest BCUT2D eigenvalue weighted by atomic mass is 32.2. The fourth-order valence-electron chi connectivity index (χ4n) is 2.54. The maximum absolute atomic E-state index is 12.6. The third-order valence-corrected chi connectivity index (χ3v) is 5.64. The van der Waals surface area contributed by atoms with Crippen LogP contribution >= 0.6 is 0 Å². The van der Waals surface area contributed by atoms with Gasteiger partial charge in [0.1, 0.15) is 0 Å². The molecule has 20 heavy (non-hydrogen) atoms. The quantitative estimate of drug-likeness (QED) is 0.848. The highest BCUT2D eigenvalue weighted by molar-refractivity contribution is 7.95. The van der Waals surface area contributed by atoms with Gasteiger partial charge in [0.15, 0.2) is 0 Å². The van der Waals surface area contributed by atoms with Gasteiger partial charge in [-0.05, 0) is 49.4 Å². The summed E-state index contributed by atoms with van der Waals surface area (Å²) in [5.74, 6) is 0. The van der Waals surface area contributed by atoms with Crippen LogP contribution in [0.5, 0.6) is 0 Å². The molecule has 4 heteroatoms. The molecule has 0 N–H and O–H groups in total. The van der Waals surface area contributed by atoms with E-state index in [1.54, 1.807) is 24.3 Å². The summed E-state index contributed by atoms with van der Waals surface area (Å²) in [7, 11) is -1.45. The fraction of sp³-hybridized carbons (Fsp3) is 0.250. The van der Waals surface area contributed by atoms with E-state index >= 15 is 0 Å². The Balaban J connectivity index is 2.17. The zero-order valence-corrected chi connectivity index (χ0v) is 12.4. The average molecular weight is 287 g/mol. The first-order valence-corrected chi connectivity index (χ1v) is 8.16. The lowest BCUT2D eigenvalue weighted by atomic mass is 10.2. The smallest absolute Gasteiger partial charge is 0.206 e. The number of allylic oxidation sites excluding steroid dienone is 3. The van der Waals surface area contributed by atoms with Crippen molar-refractivity contribution in [1.29, 1.82) is 0 Å². The van der Waals surface area contributed by atoms with Crippen molar-refractivity contribution in [2.45, 2.75) is 24.7 Å². The van der Waals surface area contributed by atoms with Crippen LogP contribution in [0.15, 0.2) is 52.3 Å². The van der Waals surface area contributed by atoms with E-state index in [-0.39, 0.29) is 0 Å². The van der Waals surface area contributed by atoms with Crippen molar-refractivity contribution in [3.05, 3.63) is 53.1 Å². The molecule has 3 nitrogen and oxygen atoms in total. The highest BCUT2D eigenvalue weighted by Gasteiger charge is 2.20. The molecule has 0 unspecified atom stereocenters. The number of sulfone groups is 1. The van der Waals surface area contributed by atoms with Gasteiger partial charge in [0.2, 0.25) is 9.84 Å². The molecular formula is C16H17NO2S. The minimum atomic E-state index is -3.40. The normalized spacial score (nSPS) is 15.6. The van der Waals surface area contributed by atoms with E-state index in [9.17, 15) is 8.42 Å². The van der Waals surface area contributed by atoms with E-state index in [0.717, 1.165) is 29.4 Å². The first kappa shape index (κ1) is 13.2. The number of hydrogen-bond donors (Lipinski definition) is 0. The first-order chi connectivity index (χ1) is 9.50. The van der Waals surface area contributed by atoms with Gasteiger partial charge in [0.25, 0.3) is 0 Å². The van der Waals surface area contributed by atoms with E-state index in [0.29, 0.717) is 9.80 Å². The van der Waals surface area contributed by atoms with Gasteiger partial charge in [0.05, 0.1) is 9.80 Å². The minimum absolute atomic E-state index is 0.365. The molecule has 1 heterocycles. The largest absolute Gasteiger partial charge is 0.348 e. The number of hydrogen-bond acceptors (Lipinski definition) is 2. The van der Waals surface area contributed by atoms with Gasteiger partial charge in [-0.1, -0.05) is 18.2 Å². The fourth-order valence-corrected chi connectivity index (χ4v) is 3.94.